The van der Waals surface area contributed by atoms with E-state index in [2.05, 4.69) is 11.0 Å². The molecule has 6 nitrogen and oxygen atoms in total. The lowest BCUT2D eigenvalue weighted by Crippen LogP contribution is -2.29. The summed E-state index contributed by atoms with van der Waals surface area (Å²) in [6.45, 7) is 1.95. The van der Waals surface area contributed by atoms with E-state index in [9.17, 15) is 4.79 Å². The molecule has 2 fully saturated rings. The Morgan fingerprint density at radius 3 is 2.77 bits per heavy atom. The van der Waals surface area contributed by atoms with Crippen LogP contribution in [0.1, 0.15) is 51.9 Å². The summed E-state index contributed by atoms with van der Waals surface area (Å²) >= 11 is 0. The molecule has 0 radical (unpaired) electrons. The van der Waals surface area contributed by atoms with Crippen molar-refractivity contribution >= 4 is 5.97 Å². The summed E-state index contributed by atoms with van der Waals surface area (Å²) in [5.41, 5.74) is 0. The minimum atomic E-state index is -0.730. The Balaban J connectivity index is 1.81. The summed E-state index contributed by atoms with van der Waals surface area (Å²) in [5.74, 6) is -0.0504. The van der Waals surface area contributed by atoms with Crippen LogP contribution in [0.2, 0.25) is 0 Å². The molecule has 2 bridgehead atoms. The molecule has 1 aliphatic carbocycles. The fourth-order valence-corrected chi connectivity index (χ4v) is 3.42. The Morgan fingerprint density at radius 1 is 1.32 bits per heavy atom. The highest BCUT2D eigenvalue weighted by atomic mass is 17.2. The van der Waals surface area contributed by atoms with Gasteiger partial charge in [0.15, 0.2) is 0 Å². The van der Waals surface area contributed by atoms with Crippen LogP contribution in [0.5, 0.6) is 0 Å². The Hall–Kier alpha value is -0.950. The summed E-state index contributed by atoms with van der Waals surface area (Å²) in [6.07, 6.45) is 9.44. The number of carboxylic acid groups (broad SMARTS) is 1. The first-order valence-corrected chi connectivity index (χ1v) is 8.18. The lowest BCUT2D eigenvalue weighted by molar-refractivity contribution is -0.337. The monoisotopic (exact) mass is 314 g/mol. The van der Waals surface area contributed by atoms with Gasteiger partial charge in [0.25, 0.3) is 0 Å². The molecule has 2 aliphatic rings. The van der Waals surface area contributed by atoms with Crippen molar-refractivity contribution in [2.24, 2.45) is 11.8 Å². The smallest absolute Gasteiger partial charge is 0.303 e. The fraction of sp³-hybridized carbons (Fsp3) is 0.812. The van der Waals surface area contributed by atoms with Crippen molar-refractivity contribution in [1.29, 1.82) is 0 Å². The third kappa shape index (κ3) is 4.52. The van der Waals surface area contributed by atoms with E-state index in [1.165, 1.54) is 0 Å². The maximum Gasteiger partial charge on any atom is 0.303 e. The minimum absolute atomic E-state index is 0.0847. The van der Waals surface area contributed by atoms with Gasteiger partial charge in [0, 0.05) is 18.8 Å². The number of hydrogen-bond acceptors (Lipinski definition) is 5. The normalized spacial score (nSPS) is 31.9. The number of hydrogen-bond donors (Lipinski definition) is 2. The number of aliphatic carboxylic acids is 1. The molecule has 1 saturated carbocycles. The van der Waals surface area contributed by atoms with Crippen molar-refractivity contribution < 1.29 is 29.8 Å². The standard InChI is InChI=1S/C16H26O6/c1-2-11(20-19)8-9-13-12(14-10-15(13)22-21-14)6-4-3-5-7-16(17)18/h8-9,11-15,19H,2-7,10H2,1H3,(H,17,18)/t11?,12-,13-,14+,15+/m0/s1. The van der Waals surface area contributed by atoms with Crippen molar-refractivity contribution in [3.8, 4) is 0 Å². The average molecular weight is 314 g/mol. The second kappa shape index (κ2) is 8.62. The molecule has 6 heteroatoms. The minimum Gasteiger partial charge on any atom is -0.481 e. The van der Waals surface area contributed by atoms with Crippen LogP contribution in [-0.2, 0) is 19.5 Å². The highest BCUT2D eigenvalue weighted by Gasteiger charge is 2.49. The third-order valence-electron chi connectivity index (χ3n) is 4.68. The zero-order valence-electron chi connectivity index (χ0n) is 13.0. The molecule has 126 valence electrons. The topological polar surface area (TPSA) is 85.2 Å². The lowest BCUT2D eigenvalue weighted by Gasteiger charge is -2.28. The van der Waals surface area contributed by atoms with E-state index in [0.29, 0.717) is 12.3 Å². The van der Waals surface area contributed by atoms with E-state index in [1.54, 1.807) is 0 Å². The van der Waals surface area contributed by atoms with Gasteiger partial charge >= 0.3 is 5.97 Å². The SMILES string of the molecule is CCC(C=C[C@H]1[C@H](CCCCCC(=O)O)[C@H]2C[C@H]1OO2)OO. The van der Waals surface area contributed by atoms with E-state index in [0.717, 1.165) is 32.1 Å². The van der Waals surface area contributed by atoms with Gasteiger partial charge in [-0.05, 0) is 25.2 Å². The zero-order chi connectivity index (χ0) is 15.9. The molecule has 2 rings (SSSR count). The maximum absolute atomic E-state index is 10.5. The van der Waals surface area contributed by atoms with Crippen LogP contribution in [-0.4, -0.2) is 34.6 Å². The highest BCUT2D eigenvalue weighted by molar-refractivity contribution is 5.66. The van der Waals surface area contributed by atoms with E-state index in [-0.39, 0.29) is 30.7 Å². The summed E-state index contributed by atoms with van der Waals surface area (Å²) in [6, 6.07) is 0. The van der Waals surface area contributed by atoms with Crippen LogP contribution >= 0.6 is 0 Å². The van der Waals surface area contributed by atoms with Crippen molar-refractivity contribution in [2.75, 3.05) is 0 Å². The Bertz CT molecular complexity index is 379. The molecule has 1 saturated heterocycles. The molecule has 0 amide bonds. The molecule has 0 aromatic carbocycles. The first kappa shape index (κ1) is 17.4. The number of rotatable bonds is 10. The molecular formula is C16H26O6. The van der Waals surface area contributed by atoms with Crippen LogP contribution in [0.15, 0.2) is 12.2 Å². The van der Waals surface area contributed by atoms with Gasteiger partial charge in [0.2, 0.25) is 0 Å². The molecule has 0 aromatic heterocycles. The van der Waals surface area contributed by atoms with Crippen molar-refractivity contribution in [1.82, 2.24) is 0 Å². The summed E-state index contributed by atoms with van der Waals surface area (Å²) in [7, 11) is 0. The van der Waals surface area contributed by atoms with E-state index in [1.807, 2.05) is 13.0 Å². The Kier molecular flexibility index (Phi) is 6.82. The molecule has 0 spiro atoms. The second-order valence-corrected chi connectivity index (χ2v) is 6.18. The van der Waals surface area contributed by atoms with Gasteiger partial charge in [-0.15, -0.1) is 0 Å². The summed E-state index contributed by atoms with van der Waals surface area (Å²) in [4.78, 5) is 25.6. The molecule has 1 unspecified atom stereocenters. The van der Waals surface area contributed by atoms with Gasteiger partial charge < -0.3 is 5.11 Å². The van der Waals surface area contributed by atoms with Crippen LogP contribution in [0.4, 0.5) is 0 Å². The van der Waals surface area contributed by atoms with Crippen molar-refractivity contribution in [3.05, 3.63) is 12.2 Å². The molecule has 5 atom stereocenters. The molecular weight excluding hydrogens is 288 g/mol. The van der Waals surface area contributed by atoms with Crippen LogP contribution in [0.3, 0.4) is 0 Å². The Morgan fingerprint density at radius 2 is 2.09 bits per heavy atom. The molecule has 1 heterocycles. The number of fused-ring (bicyclic) bond motifs is 2. The largest absolute Gasteiger partial charge is 0.481 e. The van der Waals surface area contributed by atoms with Crippen LogP contribution in [0, 0.1) is 11.8 Å². The van der Waals surface area contributed by atoms with Gasteiger partial charge in [0.1, 0.15) is 12.2 Å². The molecule has 0 aromatic rings. The fourth-order valence-electron chi connectivity index (χ4n) is 3.42. The second-order valence-electron chi connectivity index (χ2n) is 6.18. The first-order valence-electron chi connectivity index (χ1n) is 8.18. The van der Waals surface area contributed by atoms with Gasteiger partial charge in [0.05, 0.1) is 6.10 Å². The highest BCUT2D eigenvalue weighted by Crippen LogP contribution is 2.45. The lowest BCUT2D eigenvalue weighted by atomic mass is 9.87. The quantitative estimate of drug-likeness (QED) is 0.279. The first-order chi connectivity index (χ1) is 10.7. The molecule has 22 heavy (non-hydrogen) atoms. The number of carboxylic acids is 1. The molecule has 2 N–H and O–H groups in total. The predicted octanol–water partition coefficient (Wildman–Crippen LogP) is 3.18. The number of unbranched alkanes of at least 4 members (excludes halogenated alkanes) is 2. The van der Waals surface area contributed by atoms with Crippen LogP contribution < -0.4 is 0 Å². The van der Waals surface area contributed by atoms with Gasteiger partial charge in [-0.3, -0.25) is 10.1 Å². The summed E-state index contributed by atoms with van der Waals surface area (Å²) in [5, 5.41) is 17.4. The molecule has 1 aliphatic heterocycles. The van der Waals surface area contributed by atoms with Crippen LogP contribution in [0.25, 0.3) is 0 Å². The third-order valence-corrected chi connectivity index (χ3v) is 4.68. The van der Waals surface area contributed by atoms with Gasteiger partial charge in [-0.25, -0.2) is 14.7 Å². The van der Waals surface area contributed by atoms with Gasteiger partial charge in [-0.1, -0.05) is 31.9 Å². The van der Waals surface area contributed by atoms with E-state index < -0.39 is 5.97 Å². The maximum atomic E-state index is 10.5. The predicted molar refractivity (Wildman–Crippen MR) is 79.0 cm³/mol. The van der Waals surface area contributed by atoms with Gasteiger partial charge in [-0.2, -0.15) is 0 Å². The Labute approximate surface area is 130 Å². The average Bonchev–Trinajstić information content (AvgIpc) is 3.09. The zero-order valence-corrected chi connectivity index (χ0v) is 13.0. The van der Waals surface area contributed by atoms with Crippen molar-refractivity contribution in [2.45, 2.75) is 70.2 Å². The number of carbonyl (C=O) groups is 1. The van der Waals surface area contributed by atoms with Crippen molar-refractivity contribution in [3.63, 3.8) is 0 Å². The van der Waals surface area contributed by atoms with E-state index >= 15 is 0 Å². The van der Waals surface area contributed by atoms with E-state index in [4.69, 9.17) is 20.1 Å². The summed E-state index contributed by atoms with van der Waals surface area (Å²) < 4.78 is 0.